The third kappa shape index (κ3) is 6.88. The fourth-order valence-corrected chi connectivity index (χ4v) is 1.74. The van der Waals surface area contributed by atoms with E-state index in [0.29, 0.717) is 12.1 Å². The molecular formula is C12H28N2O. The Kier molecular flexibility index (Phi) is 9.06. The quantitative estimate of drug-likeness (QED) is 0.635. The van der Waals surface area contributed by atoms with Crippen molar-refractivity contribution in [2.75, 3.05) is 33.4 Å². The highest BCUT2D eigenvalue weighted by Crippen LogP contribution is 2.01. The van der Waals surface area contributed by atoms with Crippen LogP contribution in [0.5, 0.6) is 0 Å². The highest BCUT2D eigenvalue weighted by molar-refractivity contribution is 4.73. The van der Waals surface area contributed by atoms with E-state index in [-0.39, 0.29) is 0 Å². The minimum atomic E-state index is 0.502. The summed E-state index contributed by atoms with van der Waals surface area (Å²) in [6.45, 7) is 12.9. The van der Waals surface area contributed by atoms with Gasteiger partial charge in [-0.05, 0) is 19.5 Å². The number of methoxy groups -OCH3 is 1. The Balaban J connectivity index is 4.07. The van der Waals surface area contributed by atoms with Crippen LogP contribution in [0.3, 0.4) is 0 Å². The molecule has 0 rings (SSSR count). The smallest absolute Gasteiger partial charge is 0.0630 e. The van der Waals surface area contributed by atoms with Gasteiger partial charge in [0.1, 0.15) is 0 Å². The third-order valence-corrected chi connectivity index (χ3v) is 2.55. The summed E-state index contributed by atoms with van der Waals surface area (Å²) in [5.41, 5.74) is 0. The summed E-state index contributed by atoms with van der Waals surface area (Å²) >= 11 is 0. The average Bonchev–Trinajstić information content (AvgIpc) is 2.21. The second-order valence-corrected chi connectivity index (χ2v) is 4.30. The monoisotopic (exact) mass is 216 g/mol. The number of nitrogens with one attached hydrogen (secondary N) is 1. The summed E-state index contributed by atoms with van der Waals surface area (Å²) in [7, 11) is 1.78. The molecule has 1 N–H and O–H groups in total. The highest BCUT2D eigenvalue weighted by atomic mass is 16.5. The van der Waals surface area contributed by atoms with Crippen molar-refractivity contribution in [2.45, 2.75) is 46.2 Å². The van der Waals surface area contributed by atoms with Crippen LogP contribution < -0.4 is 5.32 Å². The van der Waals surface area contributed by atoms with E-state index in [2.05, 4.69) is 37.9 Å². The molecule has 1 atom stereocenters. The van der Waals surface area contributed by atoms with E-state index in [1.54, 1.807) is 7.11 Å². The van der Waals surface area contributed by atoms with E-state index >= 15 is 0 Å². The first-order chi connectivity index (χ1) is 7.15. The van der Waals surface area contributed by atoms with Crippen LogP contribution in [0.15, 0.2) is 0 Å². The molecule has 0 aliphatic heterocycles. The van der Waals surface area contributed by atoms with Gasteiger partial charge in [-0.2, -0.15) is 0 Å². The Morgan fingerprint density at radius 2 is 1.93 bits per heavy atom. The first-order valence-electron chi connectivity index (χ1n) is 6.12. The Bertz CT molecular complexity index is 140. The van der Waals surface area contributed by atoms with Crippen LogP contribution in [0.2, 0.25) is 0 Å². The second kappa shape index (κ2) is 9.13. The molecule has 92 valence electrons. The molecule has 0 aromatic heterocycles. The molecule has 0 aliphatic rings. The lowest BCUT2D eigenvalue weighted by Crippen LogP contribution is -2.46. The van der Waals surface area contributed by atoms with Gasteiger partial charge in [-0.1, -0.05) is 27.7 Å². The predicted octanol–water partition coefficient (Wildman–Crippen LogP) is 1.73. The zero-order valence-electron chi connectivity index (χ0n) is 11.0. The molecule has 0 heterocycles. The Hall–Kier alpha value is -0.120. The first kappa shape index (κ1) is 14.9. The lowest BCUT2D eigenvalue weighted by atomic mass is 10.2. The maximum absolute atomic E-state index is 5.28. The van der Waals surface area contributed by atoms with E-state index in [9.17, 15) is 0 Å². The molecule has 0 amide bonds. The van der Waals surface area contributed by atoms with E-state index < -0.39 is 0 Å². The van der Waals surface area contributed by atoms with Crippen molar-refractivity contribution in [2.24, 2.45) is 0 Å². The number of rotatable bonds is 9. The van der Waals surface area contributed by atoms with Crippen molar-refractivity contribution >= 4 is 0 Å². The zero-order chi connectivity index (χ0) is 11.7. The maximum Gasteiger partial charge on any atom is 0.0630 e. The minimum Gasteiger partial charge on any atom is -0.383 e. The van der Waals surface area contributed by atoms with Gasteiger partial charge in [0.15, 0.2) is 0 Å². The number of ether oxygens (including phenoxy) is 1. The fraction of sp³-hybridized carbons (Fsp3) is 1.00. The Labute approximate surface area is 95.2 Å². The molecule has 3 nitrogen and oxygen atoms in total. The van der Waals surface area contributed by atoms with Crippen molar-refractivity contribution in [3.05, 3.63) is 0 Å². The van der Waals surface area contributed by atoms with Crippen LogP contribution >= 0.6 is 0 Å². The zero-order valence-corrected chi connectivity index (χ0v) is 11.0. The van der Waals surface area contributed by atoms with E-state index in [0.717, 1.165) is 26.2 Å². The third-order valence-electron chi connectivity index (χ3n) is 2.55. The summed E-state index contributed by atoms with van der Waals surface area (Å²) in [6.07, 6.45) is 1.20. The number of likely N-dealkylation sites (N-methyl/N-ethyl adjacent to an activating group) is 1. The Morgan fingerprint density at radius 1 is 1.27 bits per heavy atom. The molecule has 0 spiro atoms. The van der Waals surface area contributed by atoms with Crippen molar-refractivity contribution < 1.29 is 4.74 Å². The molecule has 0 fully saturated rings. The summed E-state index contributed by atoms with van der Waals surface area (Å²) in [5.74, 6) is 0. The summed E-state index contributed by atoms with van der Waals surface area (Å²) in [4.78, 5) is 2.48. The Morgan fingerprint density at radius 3 is 2.33 bits per heavy atom. The van der Waals surface area contributed by atoms with Crippen LogP contribution in [0.25, 0.3) is 0 Å². The molecule has 0 aromatic carbocycles. The lowest BCUT2D eigenvalue weighted by molar-refractivity contribution is 0.0912. The molecule has 0 aromatic rings. The largest absolute Gasteiger partial charge is 0.383 e. The van der Waals surface area contributed by atoms with Crippen molar-refractivity contribution in [1.82, 2.24) is 10.2 Å². The van der Waals surface area contributed by atoms with Crippen molar-refractivity contribution in [1.29, 1.82) is 0 Å². The van der Waals surface area contributed by atoms with E-state index in [1.807, 2.05) is 0 Å². The van der Waals surface area contributed by atoms with Crippen LogP contribution in [0.1, 0.15) is 34.1 Å². The summed E-state index contributed by atoms with van der Waals surface area (Å²) < 4.78 is 5.28. The van der Waals surface area contributed by atoms with Crippen LogP contribution in [-0.4, -0.2) is 50.3 Å². The first-order valence-corrected chi connectivity index (χ1v) is 6.12. The van der Waals surface area contributed by atoms with Crippen molar-refractivity contribution in [3.63, 3.8) is 0 Å². The molecule has 1 unspecified atom stereocenters. The maximum atomic E-state index is 5.28. The normalized spacial score (nSPS) is 13.8. The molecule has 0 bridgehead atoms. The molecule has 0 saturated heterocycles. The topological polar surface area (TPSA) is 24.5 Å². The van der Waals surface area contributed by atoms with Gasteiger partial charge in [0.25, 0.3) is 0 Å². The van der Waals surface area contributed by atoms with Crippen LogP contribution in [0, 0.1) is 0 Å². The SMILES string of the molecule is CCCN(CC)C(CNC(C)C)COC. The van der Waals surface area contributed by atoms with Crippen LogP contribution in [0.4, 0.5) is 0 Å². The molecule has 0 saturated carbocycles. The van der Waals surface area contributed by atoms with Gasteiger partial charge in [-0.15, -0.1) is 0 Å². The predicted molar refractivity (Wildman–Crippen MR) is 66.3 cm³/mol. The molecule has 3 heteroatoms. The summed E-state index contributed by atoms with van der Waals surface area (Å²) in [6, 6.07) is 1.05. The van der Waals surface area contributed by atoms with Crippen molar-refractivity contribution in [3.8, 4) is 0 Å². The van der Waals surface area contributed by atoms with Gasteiger partial charge in [0.2, 0.25) is 0 Å². The summed E-state index contributed by atoms with van der Waals surface area (Å²) in [5, 5.41) is 3.48. The van der Waals surface area contributed by atoms with Gasteiger partial charge >= 0.3 is 0 Å². The fourth-order valence-electron chi connectivity index (χ4n) is 1.74. The molecule has 0 radical (unpaired) electrons. The minimum absolute atomic E-state index is 0.502. The highest BCUT2D eigenvalue weighted by Gasteiger charge is 2.15. The number of hydrogen-bond donors (Lipinski definition) is 1. The lowest BCUT2D eigenvalue weighted by Gasteiger charge is -2.30. The number of hydrogen-bond acceptors (Lipinski definition) is 3. The molecule has 0 aliphatic carbocycles. The van der Waals surface area contributed by atoms with Gasteiger partial charge in [0, 0.05) is 25.7 Å². The van der Waals surface area contributed by atoms with Gasteiger partial charge < -0.3 is 10.1 Å². The van der Waals surface area contributed by atoms with E-state index in [4.69, 9.17) is 4.74 Å². The van der Waals surface area contributed by atoms with Gasteiger partial charge in [-0.3, -0.25) is 4.90 Å². The van der Waals surface area contributed by atoms with Crippen LogP contribution in [-0.2, 0) is 4.74 Å². The second-order valence-electron chi connectivity index (χ2n) is 4.30. The van der Waals surface area contributed by atoms with Gasteiger partial charge in [0.05, 0.1) is 6.61 Å². The molecule has 15 heavy (non-hydrogen) atoms. The van der Waals surface area contributed by atoms with Gasteiger partial charge in [-0.25, -0.2) is 0 Å². The average molecular weight is 216 g/mol. The molecular weight excluding hydrogens is 188 g/mol. The standard InChI is InChI=1S/C12H28N2O/c1-6-8-14(7-2)12(10-15-5)9-13-11(3)4/h11-13H,6-10H2,1-5H3. The van der Waals surface area contributed by atoms with E-state index in [1.165, 1.54) is 6.42 Å². The number of nitrogens with zero attached hydrogens (tertiary/aromatic N) is 1.